The van der Waals surface area contributed by atoms with Crippen molar-refractivity contribution in [1.29, 1.82) is 0 Å². The summed E-state index contributed by atoms with van der Waals surface area (Å²) in [5.74, 6) is 0.911. The van der Waals surface area contributed by atoms with E-state index in [-0.39, 0.29) is 0 Å². The van der Waals surface area contributed by atoms with Gasteiger partial charge < -0.3 is 10.2 Å². The smallest absolute Gasteiger partial charge is 0.0471 e. The Hall–Kier alpha value is -0.730. The molecule has 2 nitrogen and oxygen atoms in total. The first kappa shape index (κ1) is 15.2. The van der Waals surface area contributed by atoms with Gasteiger partial charge in [-0.3, -0.25) is 0 Å². The van der Waals surface area contributed by atoms with Crippen molar-refractivity contribution < 1.29 is 0 Å². The molecule has 0 bridgehead atoms. The number of anilines is 1. The maximum atomic E-state index is 6.50. The second-order valence-electron chi connectivity index (χ2n) is 6.51. The molecule has 1 N–H and O–H groups in total. The zero-order chi connectivity index (χ0) is 14.7. The van der Waals surface area contributed by atoms with E-state index in [4.69, 9.17) is 11.6 Å². The van der Waals surface area contributed by atoms with E-state index in [1.807, 2.05) is 6.07 Å². The molecule has 1 heterocycles. The van der Waals surface area contributed by atoms with Crippen LogP contribution in [0.1, 0.15) is 51.0 Å². The average Bonchev–Trinajstić information content (AvgIpc) is 2.97. The van der Waals surface area contributed by atoms with Crippen LogP contribution in [0.15, 0.2) is 18.2 Å². The number of halogens is 1. The van der Waals surface area contributed by atoms with Gasteiger partial charge >= 0.3 is 0 Å². The van der Waals surface area contributed by atoms with Crippen molar-refractivity contribution in [3.63, 3.8) is 0 Å². The van der Waals surface area contributed by atoms with Crippen LogP contribution in [0.2, 0.25) is 5.02 Å². The summed E-state index contributed by atoms with van der Waals surface area (Å²) in [7, 11) is 0. The van der Waals surface area contributed by atoms with Gasteiger partial charge in [0.2, 0.25) is 0 Å². The fourth-order valence-corrected chi connectivity index (χ4v) is 4.37. The Morgan fingerprint density at radius 3 is 2.95 bits per heavy atom. The van der Waals surface area contributed by atoms with Crippen LogP contribution < -0.4 is 10.2 Å². The molecule has 1 aromatic carbocycles. The highest BCUT2D eigenvalue weighted by Crippen LogP contribution is 2.41. The van der Waals surface area contributed by atoms with Crippen molar-refractivity contribution in [2.24, 2.45) is 5.92 Å². The zero-order valence-electron chi connectivity index (χ0n) is 13.1. The number of hydrogen-bond donors (Lipinski definition) is 1. The quantitative estimate of drug-likeness (QED) is 0.799. The monoisotopic (exact) mass is 306 g/mol. The Balaban J connectivity index is 1.84. The molecule has 1 aliphatic heterocycles. The first-order valence-electron chi connectivity index (χ1n) is 8.56. The lowest BCUT2D eigenvalue weighted by atomic mass is 9.91. The van der Waals surface area contributed by atoms with E-state index >= 15 is 0 Å². The summed E-state index contributed by atoms with van der Waals surface area (Å²) in [4.78, 5) is 2.66. The molecule has 0 radical (unpaired) electrons. The predicted octanol–water partition coefficient (Wildman–Crippen LogP) is 4.61. The largest absolute Gasteiger partial charge is 0.368 e. The minimum absolute atomic E-state index is 0.752. The van der Waals surface area contributed by atoms with E-state index in [0.717, 1.165) is 36.5 Å². The van der Waals surface area contributed by atoms with Crippen LogP contribution in [-0.4, -0.2) is 19.1 Å². The predicted molar refractivity (Wildman–Crippen MR) is 91.2 cm³/mol. The molecule has 0 spiro atoms. The van der Waals surface area contributed by atoms with Gasteiger partial charge in [-0.2, -0.15) is 0 Å². The number of rotatable bonds is 5. The molecule has 2 fully saturated rings. The van der Waals surface area contributed by atoms with Crippen LogP contribution >= 0.6 is 11.6 Å². The Morgan fingerprint density at radius 2 is 2.10 bits per heavy atom. The van der Waals surface area contributed by atoms with Gasteiger partial charge in [0.05, 0.1) is 0 Å². The third kappa shape index (κ3) is 3.22. The molecule has 1 aromatic rings. The van der Waals surface area contributed by atoms with Gasteiger partial charge in [-0.25, -0.2) is 0 Å². The van der Waals surface area contributed by atoms with E-state index in [0.29, 0.717) is 0 Å². The Kier molecular flexibility index (Phi) is 5.07. The molecule has 2 aliphatic rings. The molecule has 1 saturated heterocycles. The molecule has 0 aromatic heterocycles. The summed E-state index contributed by atoms with van der Waals surface area (Å²) in [6, 6.07) is 7.17. The Morgan fingerprint density at radius 1 is 1.24 bits per heavy atom. The van der Waals surface area contributed by atoms with Crippen molar-refractivity contribution in [3.05, 3.63) is 28.8 Å². The molecule has 116 valence electrons. The number of piperidine rings is 1. The zero-order valence-corrected chi connectivity index (χ0v) is 13.8. The molecule has 0 amide bonds. The van der Waals surface area contributed by atoms with Crippen LogP contribution in [-0.2, 0) is 6.54 Å². The van der Waals surface area contributed by atoms with Crippen LogP contribution in [0.25, 0.3) is 0 Å². The lowest BCUT2D eigenvalue weighted by Gasteiger charge is -2.40. The first-order chi connectivity index (χ1) is 10.3. The van der Waals surface area contributed by atoms with Crippen LogP contribution in [0.5, 0.6) is 0 Å². The molecule has 2 unspecified atom stereocenters. The summed E-state index contributed by atoms with van der Waals surface area (Å²) < 4.78 is 0. The highest BCUT2D eigenvalue weighted by Gasteiger charge is 2.35. The topological polar surface area (TPSA) is 15.3 Å². The SMILES string of the molecule is CCCNCc1c(Cl)cccc1N1CCCC2CCCC21. The van der Waals surface area contributed by atoms with Crippen molar-refractivity contribution in [3.8, 4) is 0 Å². The van der Waals surface area contributed by atoms with Crippen LogP contribution in [0, 0.1) is 5.92 Å². The minimum Gasteiger partial charge on any atom is -0.368 e. The van der Waals surface area contributed by atoms with Gasteiger partial charge in [-0.15, -0.1) is 0 Å². The molecule has 3 heteroatoms. The molecule has 1 saturated carbocycles. The van der Waals surface area contributed by atoms with Crippen molar-refractivity contribution in [2.75, 3.05) is 18.0 Å². The Labute approximate surface area is 133 Å². The van der Waals surface area contributed by atoms with Crippen LogP contribution in [0.4, 0.5) is 5.69 Å². The number of benzene rings is 1. The van der Waals surface area contributed by atoms with Gasteiger partial charge in [0.15, 0.2) is 0 Å². The summed E-state index contributed by atoms with van der Waals surface area (Å²) in [5.41, 5.74) is 2.67. The average molecular weight is 307 g/mol. The maximum Gasteiger partial charge on any atom is 0.0471 e. The van der Waals surface area contributed by atoms with Gasteiger partial charge in [0.25, 0.3) is 0 Å². The van der Waals surface area contributed by atoms with Gasteiger partial charge in [0.1, 0.15) is 0 Å². The van der Waals surface area contributed by atoms with E-state index in [2.05, 4.69) is 29.3 Å². The third-order valence-corrected chi connectivity index (χ3v) is 5.48. The number of nitrogens with one attached hydrogen (secondary N) is 1. The minimum atomic E-state index is 0.752. The van der Waals surface area contributed by atoms with E-state index < -0.39 is 0 Å². The standard InChI is InChI=1S/C18H27ClN2/c1-2-11-20-13-15-16(19)8-4-10-18(15)21-12-5-7-14-6-3-9-17(14)21/h4,8,10,14,17,20H,2-3,5-7,9,11-13H2,1H3. The molecule has 2 atom stereocenters. The van der Waals surface area contributed by atoms with Crippen molar-refractivity contribution in [1.82, 2.24) is 5.32 Å². The highest BCUT2D eigenvalue weighted by molar-refractivity contribution is 6.31. The summed E-state index contributed by atoms with van der Waals surface area (Å²) in [5, 5.41) is 4.43. The lowest BCUT2D eigenvalue weighted by molar-refractivity contribution is 0.362. The second-order valence-corrected chi connectivity index (χ2v) is 6.92. The molecular weight excluding hydrogens is 280 g/mol. The molecule has 1 aliphatic carbocycles. The van der Waals surface area contributed by atoms with E-state index in [1.54, 1.807) is 0 Å². The van der Waals surface area contributed by atoms with Gasteiger partial charge in [0, 0.05) is 35.4 Å². The number of nitrogens with zero attached hydrogens (tertiary/aromatic N) is 1. The van der Waals surface area contributed by atoms with Gasteiger partial charge in [-0.05, 0) is 56.7 Å². The molecule has 21 heavy (non-hydrogen) atoms. The van der Waals surface area contributed by atoms with Crippen LogP contribution in [0.3, 0.4) is 0 Å². The third-order valence-electron chi connectivity index (χ3n) is 5.13. The van der Waals surface area contributed by atoms with E-state index in [9.17, 15) is 0 Å². The lowest BCUT2D eigenvalue weighted by Crippen LogP contribution is -2.43. The van der Waals surface area contributed by atoms with Crippen molar-refractivity contribution >= 4 is 17.3 Å². The summed E-state index contributed by atoms with van der Waals surface area (Å²) in [6.45, 7) is 5.34. The first-order valence-corrected chi connectivity index (χ1v) is 8.93. The normalized spacial score (nSPS) is 25.1. The van der Waals surface area contributed by atoms with Crippen molar-refractivity contribution in [2.45, 2.75) is 58.0 Å². The molecular formula is C18H27ClN2. The molecule has 3 rings (SSSR count). The fraction of sp³-hybridized carbons (Fsp3) is 0.667. The fourth-order valence-electron chi connectivity index (χ4n) is 4.13. The number of hydrogen-bond acceptors (Lipinski definition) is 2. The second kappa shape index (κ2) is 7.02. The summed E-state index contributed by atoms with van der Waals surface area (Å²) in [6.07, 6.45) is 8.09. The highest BCUT2D eigenvalue weighted by atomic mass is 35.5. The number of fused-ring (bicyclic) bond motifs is 1. The maximum absolute atomic E-state index is 6.50. The summed E-state index contributed by atoms with van der Waals surface area (Å²) >= 11 is 6.50. The van der Waals surface area contributed by atoms with E-state index in [1.165, 1.54) is 49.9 Å². The van der Waals surface area contributed by atoms with Gasteiger partial charge in [-0.1, -0.05) is 31.0 Å². The Bertz CT molecular complexity index is 474.